The van der Waals surface area contributed by atoms with Crippen LogP contribution in [-0.2, 0) is 12.8 Å². The molecule has 1 unspecified atom stereocenters. The van der Waals surface area contributed by atoms with Crippen molar-refractivity contribution < 1.29 is 20.1 Å². The van der Waals surface area contributed by atoms with Gasteiger partial charge in [-0.1, -0.05) is 58.0 Å². The van der Waals surface area contributed by atoms with Gasteiger partial charge in [-0.15, -0.1) is 0 Å². The summed E-state index contributed by atoms with van der Waals surface area (Å²) < 4.78 is 5.64. The third kappa shape index (κ3) is 8.44. The molecule has 0 fully saturated rings. The predicted octanol–water partition coefficient (Wildman–Crippen LogP) is 5.50. The van der Waals surface area contributed by atoms with Gasteiger partial charge >= 0.3 is 0 Å². The van der Waals surface area contributed by atoms with Gasteiger partial charge in [-0.05, 0) is 91.2 Å². The van der Waals surface area contributed by atoms with Crippen LogP contribution >= 0.6 is 0 Å². The molecule has 3 N–H and O–H groups in total. The van der Waals surface area contributed by atoms with E-state index in [-0.39, 0.29) is 24.7 Å². The van der Waals surface area contributed by atoms with Crippen LogP contribution in [0, 0.1) is 19.3 Å². The molecule has 4 nitrogen and oxygen atoms in total. The number of ether oxygens (including phenoxy) is 1. The normalized spacial score (nSPS) is 14.7. The van der Waals surface area contributed by atoms with E-state index in [1.807, 2.05) is 13.0 Å². The second-order valence-electron chi connectivity index (χ2n) is 10.5. The van der Waals surface area contributed by atoms with Crippen LogP contribution in [0.1, 0.15) is 80.7 Å². The Morgan fingerprint density at radius 1 is 0.909 bits per heavy atom. The first-order chi connectivity index (χ1) is 15.5. The molecular weight excluding hydrogens is 412 g/mol. The lowest BCUT2D eigenvalue weighted by Crippen LogP contribution is -2.26. The maximum atomic E-state index is 10.3. The Bertz CT molecular complexity index is 868. The zero-order valence-electron chi connectivity index (χ0n) is 21.4. The third-order valence-corrected chi connectivity index (χ3v) is 6.68. The minimum Gasteiger partial charge on any atom is -0.491 e. The molecule has 0 amide bonds. The summed E-state index contributed by atoms with van der Waals surface area (Å²) in [5.41, 5.74) is 6.28. The Labute approximate surface area is 200 Å². The zero-order valence-corrected chi connectivity index (χ0v) is 21.4. The van der Waals surface area contributed by atoms with E-state index >= 15 is 0 Å². The summed E-state index contributed by atoms with van der Waals surface area (Å²) in [7, 11) is 0. The van der Waals surface area contributed by atoms with Gasteiger partial charge in [0.1, 0.15) is 18.5 Å². The van der Waals surface area contributed by atoms with Crippen molar-refractivity contribution in [1.29, 1.82) is 0 Å². The molecule has 0 aromatic heterocycles. The molecule has 0 aliphatic heterocycles. The van der Waals surface area contributed by atoms with Crippen LogP contribution in [0.25, 0.3) is 0 Å². The van der Waals surface area contributed by atoms with Crippen LogP contribution in [0.4, 0.5) is 0 Å². The highest BCUT2D eigenvalue weighted by molar-refractivity contribution is 5.38. The van der Waals surface area contributed by atoms with E-state index in [0.29, 0.717) is 5.92 Å². The summed E-state index contributed by atoms with van der Waals surface area (Å²) in [4.78, 5) is 0. The first kappa shape index (κ1) is 27.4. The smallest absolute Gasteiger partial charge is 0.122 e. The highest BCUT2D eigenvalue weighted by atomic mass is 16.5. The molecule has 0 heterocycles. The lowest BCUT2D eigenvalue weighted by atomic mass is 9.85. The Morgan fingerprint density at radius 2 is 1.64 bits per heavy atom. The minimum absolute atomic E-state index is 0.0770. The van der Waals surface area contributed by atoms with E-state index in [4.69, 9.17) is 9.84 Å². The lowest BCUT2D eigenvalue weighted by molar-refractivity contribution is 0.0534. The maximum absolute atomic E-state index is 10.3. The van der Waals surface area contributed by atoms with Gasteiger partial charge in [0.05, 0.1) is 12.7 Å². The highest BCUT2D eigenvalue weighted by Gasteiger charge is 2.21. The van der Waals surface area contributed by atoms with Crippen LogP contribution in [0.15, 0.2) is 36.4 Å². The van der Waals surface area contributed by atoms with Gasteiger partial charge in [0.25, 0.3) is 0 Å². The van der Waals surface area contributed by atoms with Crippen molar-refractivity contribution in [3.63, 3.8) is 0 Å². The summed E-state index contributed by atoms with van der Waals surface area (Å²) >= 11 is 0. The van der Waals surface area contributed by atoms with Crippen molar-refractivity contribution >= 4 is 0 Å². The number of aliphatic hydroxyl groups excluding tert-OH is 3. The van der Waals surface area contributed by atoms with E-state index in [2.05, 4.69) is 65.0 Å². The van der Waals surface area contributed by atoms with Crippen LogP contribution in [0.3, 0.4) is 0 Å². The first-order valence-corrected chi connectivity index (χ1v) is 12.3. The second kappa shape index (κ2) is 12.5. The van der Waals surface area contributed by atoms with Crippen molar-refractivity contribution in [3.05, 3.63) is 64.2 Å². The van der Waals surface area contributed by atoms with E-state index < -0.39 is 6.10 Å². The standard InChI is InChI=1S/C29H44O4/c1-7-23(25-12-14-27(21(3)17-25)33-19-26(31)18-30)10-8-22-9-11-24(20(2)16-22)13-15-28(32)29(4,5)6/h9,11-12,14,16-17,23,26,28,30-32H,7-8,10,13,15,18-19H2,1-6H3/t23?,26-,28-/m0/s1. The Balaban J connectivity index is 1.97. The zero-order chi connectivity index (χ0) is 24.6. The second-order valence-corrected chi connectivity index (χ2v) is 10.5. The summed E-state index contributed by atoms with van der Waals surface area (Å²) in [5.74, 6) is 1.23. The van der Waals surface area contributed by atoms with E-state index in [1.54, 1.807) is 0 Å². The molecule has 2 rings (SSSR count). The largest absolute Gasteiger partial charge is 0.491 e. The van der Waals surface area contributed by atoms with E-state index in [0.717, 1.165) is 43.4 Å². The molecule has 4 heteroatoms. The molecule has 2 aromatic rings. The van der Waals surface area contributed by atoms with Gasteiger partial charge in [0, 0.05) is 0 Å². The Morgan fingerprint density at radius 3 is 2.21 bits per heavy atom. The number of aryl methyl sites for hydroxylation is 4. The van der Waals surface area contributed by atoms with Gasteiger partial charge in [-0.25, -0.2) is 0 Å². The summed E-state index contributed by atoms with van der Waals surface area (Å²) in [6, 6.07) is 13.1. The lowest BCUT2D eigenvalue weighted by Gasteiger charge is -2.26. The van der Waals surface area contributed by atoms with Crippen LogP contribution < -0.4 is 4.74 Å². The average Bonchev–Trinajstić information content (AvgIpc) is 2.77. The maximum Gasteiger partial charge on any atom is 0.122 e. The Kier molecular flexibility index (Phi) is 10.4. The molecule has 0 radical (unpaired) electrons. The van der Waals surface area contributed by atoms with E-state index in [1.165, 1.54) is 22.3 Å². The fourth-order valence-corrected chi connectivity index (χ4v) is 4.19. The molecule has 2 aromatic carbocycles. The van der Waals surface area contributed by atoms with Crippen molar-refractivity contribution in [3.8, 4) is 5.75 Å². The number of hydrogen-bond acceptors (Lipinski definition) is 4. The number of rotatable bonds is 12. The van der Waals surface area contributed by atoms with E-state index in [9.17, 15) is 10.2 Å². The van der Waals surface area contributed by atoms with Gasteiger partial charge in [0.15, 0.2) is 0 Å². The van der Waals surface area contributed by atoms with Crippen molar-refractivity contribution in [2.24, 2.45) is 5.41 Å². The van der Waals surface area contributed by atoms with Gasteiger partial charge < -0.3 is 20.1 Å². The van der Waals surface area contributed by atoms with Crippen LogP contribution in [-0.4, -0.2) is 40.7 Å². The third-order valence-electron chi connectivity index (χ3n) is 6.68. The average molecular weight is 457 g/mol. The number of benzene rings is 2. The fraction of sp³-hybridized carbons (Fsp3) is 0.586. The molecule has 0 saturated carbocycles. The molecule has 0 bridgehead atoms. The van der Waals surface area contributed by atoms with Crippen LogP contribution in [0.2, 0.25) is 0 Å². The fourth-order valence-electron chi connectivity index (χ4n) is 4.19. The minimum atomic E-state index is -0.856. The van der Waals surface area contributed by atoms with Gasteiger partial charge in [-0.3, -0.25) is 0 Å². The monoisotopic (exact) mass is 456 g/mol. The summed E-state index contributed by atoms with van der Waals surface area (Å²) in [6.07, 6.45) is 3.74. The molecule has 33 heavy (non-hydrogen) atoms. The van der Waals surface area contributed by atoms with Crippen molar-refractivity contribution in [1.82, 2.24) is 0 Å². The molecular formula is C29H44O4. The molecule has 0 aliphatic rings. The number of aliphatic hydroxyl groups is 3. The summed E-state index contributed by atoms with van der Waals surface area (Å²) in [5, 5.41) is 28.8. The van der Waals surface area contributed by atoms with Gasteiger partial charge in [0.2, 0.25) is 0 Å². The van der Waals surface area contributed by atoms with Crippen molar-refractivity contribution in [2.45, 2.75) is 91.8 Å². The molecule has 0 saturated heterocycles. The molecule has 0 spiro atoms. The first-order valence-electron chi connectivity index (χ1n) is 12.3. The summed E-state index contributed by atoms with van der Waals surface area (Å²) in [6.45, 7) is 12.5. The molecule has 0 aliphatic carbocycles. The predicted molar refractivity (Wildman–Crippen MR) is 136 cm³/mol. The van der Waals surface area contributed by atoms with Crippen LogP contribution in [0.5, 0.6) is 5.75 Å². The van der Waals surface area contributed by atoms with Gasteiger partial charge in [-0.2, -0.15) is 0 Å². The quantitative estimate of drug-likeness (QED) is 0.394. The SMILES string of the molecule is CCC(CCc1ccc(CC[C@H](O)C(C)(C)C)c(C)c1)c1ccc(OC[C@@H](O)CO)c(C)c1. The highest BCUT2D eigenvalue weighted by Crippen LogP contribution is 2.30. The topological polar surface area (TPSA) is 69.9 Å². The molecule has 184 valence electrons. The Hall–Kier alpha value is -1.88. The molecule has 3 atom stereocenters. The van der Waals surface area contributed by atoms with Crippen molar-refractivity contribution in [2.75, 3.05) is 13.2 Å². The number of hydrogen-bond donors (Lipinski definition) is 3.